The fourth-order valence-electron chi connectivity index (χ4n) is 2.91. The number of hydrogen-bond donors (Lipinski definition) is 1. The number of hydrogen-bond acceptors (Lipinski definition) is 3. The molecule has 1 N–H and O–H groups in total. The van der Waals surface area contributed by atoms with Crippen LogP contribution in [0.5, 0.6) is 0 Å². The molecule has 1 amide bonds. The van der Waals surface area contributed by atoms with Crippen LogP contribution in [0.1, 0.15) is 48.0 Å². The van der Waals surface area contributed by atoms with Gasteiger partial charge in [-0.2, -0.15) is 0 Å². The van der Waals surface area contributed by atoms with Gasteiger partial charge in [-0.15, -0.1) is 0 Å². The molecule has 1 heterocycles. The van der Waals surface area contributed by atoms with Gasteiger partial charge in [0.05, 0.1) is 0 Å². The number of imidazole rings is 1. The van der Waals surface area contributed by atoms with Crippen LogP contribution in [0.2, 0.25) is 0 Å². The zero-order chi connectivity index (χ0) is 16.1. The van der Waals surface area contributed by atoms with Gasteiger partial charge in [0.2, 0.25) is 0 Å². The Morgan fingerprint density at radius 1 is 1.26 bits per heavy atom. The van der Waals surface area contributed by atoms with Crippen molar-refractivity contribution in [2.75, 3.05) is 0 Å². The van der Waals surface area contributed by atoms with Gasteiger partial charge in [-0.05, 0) is 30.5 Å². The van der Waals surface area contributed by atoms with E-state index in [4.69, 9.17) is 0 Å². The Morgan fingerprint density at radius 2 is 2.00 bits per heavy atom. The molecule has 1 fully saturated rings. The predicted octanol–water partition coefficient (Wildman–Crippen LogP) is 3.77. The number of aryl methyl sites for hydroxylation is 1. The van der Waals surface area contributed by atoms with E-state index in [-0.39, 0.29) is 5.91 Å². The lowest BCUT2D eigenvalue weighted by atomic mass is 9.95. The fourth-order valence-corrected chi connectivity index (χ4v) is 3.79. The largest absolute Gasteiger partial charge is 0.349 e. The van der Waals surface area contributed by atoms with Gasteiger partial charge in [-0.25, -0.2) is 4.98 Å². The molecule has 4 nitrogen and oxygen atoms in total. The van der Waals surface area contributed by atoms with Gasteiger partial charge in [0.1, 0.15) is 0 Å². The molecule has 0 spiro atoms. The van der Waals surface area contributed by atoms with E-state index in [1.165, 1.54) is 24.8 Å². The zero-order valence-corrected chi connectivity index (χ0v) is 14.3. The third-order valence-electron chi connectivity index (χ3n) is 4.30. The van der Waals surface area contributed by atoms with E-state index in [9.17, 15) is 4.79 Å². The molecular weight excluding hydrogens is 306 g/mol. The van der Waals surface area contributed by atoms with Gasteiger partial charge in [-0.1, -0.05) is 43.2 Å². The third kappa shape index (κ3) is 4.38. The van der Waals surface area contributed by atoms with Gasteiger partial charge < -0.3 is 9.88 Å². The number of benzene rings is 1. The Kier molecular flexibility index (Phi) is 5.39. The molecule has 0 aliphatic heterocycles. The standard InChI is InChI=1S/C18H23N3OS/c1-21-12-11-19-18(21)23-13-14-7-9-15(10-8-14)17(22)20-16-5-3-2-4-6-16/h7-12,16H,2-6,13H2,1H3,(H,20,22). The van der Waals surface area contributed by atoms with Crippen LogP contribution in [-0.4, -0.2) is 21.5 Å². The molecule has 0 saturated heterocycles. The van der Waals surface area contributed by atoms with E-state index in [1.54, 1.807) is 18.0 Å². The first-order chi connectivity index (χ1) is 11.2. The number of nitrogens with zero attached hydrogens (tertiary/aromatic N) is 2. The van der Waals surface area contributed by atoms with E-state index in [2.05, 4.69) is 10.3 Å². The van der Waals surface area contributed by atoms with E-state index < -0.39 is 0 Å². The van der Waals surface area contributed by atoms with E-state index >= 15 is 0 Å². The first-order valence-corrected chi connectivity index (χ1v) is 9.21. The zero-order valence-electron chi connectivity index (χ0n) is 13.5. The molecule has 2 aromatic rings. The summed E-state index contributed by atoms with van der Waals surface area (Å²) in [7, 11) is 1.99. The van der Waals surface area contributed by atoms with Crippen LogP contribution in [0.4, 0.5) is 0 Å². The lowest BCUT2D eigenvalue weighted by Crippen LogP contribution is -2.36. The van der Waals surface area contributed by atoms with Crippen molar-refractivity contribution in [1.29, 1.82) is 0 Å². The minimum Gasteiger partial charge on any atom is -0.349 e. The molecule has 1 aromatic carbocycles. The molecule has 0 atom stereocenters. The summed E-state index contributed by atoms with van der Waals surface area (Å²) in [4.78, 5) is 16.6. The van der Waals surface area contributed by atoms with Crippen molar-refractivity contribution in [2.24, 2.45) is 7.05 Å². The number of carbonyl (C=O) groups is 1. The van der Waals surface area contributed by atoms with Crippen molar-refractivity contribution in [3.8, 4) is 0 Å². The van der Waals surface area contributed by atoms with Gasteiger partial charge in [0.15, 0.2) is 5.16 Å². The normalized spacial score (nSPS) is 15.5. The molecule has 1 aliphatic carbocycles. The van der Waals surface area contributed by atoms with Crippen LogP contribution in [-0.2, 0) is 12.8 Å². The molecule has 0 radical (unpaired) electrons. The Hall–Kier alpha value is -1.75. The lowest BCUT2D eigenvalue weighted by Gasteiger charge is -2.22. The molecule has 1 aliphatic rings. The van der Waals surface area contributed by atoms with Gasteiger partial charge in [0.25, 0.3) is 5.91 Å². The average molecular weight is 329 g/mol. The molecule has 23 heavy (non-hydrogen) atoms. The highest BCUT2D eigenvalue weighted by Crippen LogP contribution is 2.21. The van der Waals surface area contributed by atoms with Crippen LogP contribution in [0, 0.1) is 0 Å². The maximum absolute atomic E-state index is 12.3. The molecule has 0 unspecified atom stereocenters. The quantitative estimate of drug-likeness (QED) is 0.849. The van der Waals surface area contributed by atoms with Crippen molar-refractivity contribution in [1.82, 2.24) is 14.9 Å². The van der Waals surface area contributed by atoms with Crippen LogP contribution < -0.4 is 5.32 Å². The smallest absolute Gasteiger partial charge is 0.251 e. The molecule has 3 rings (SSSR count). The SMILES string of the molecule is Cn1ccnc1SCc1ccc(C(=O)NC2CCCCC2)cc1. The fraction of sp³-hybridized carbons (Fsp3) is 0.444. The summed E-state index contributed by atoms with van der Waals surface area (Å²) < 4.78 is 2.01. The molecule has 1 aromatic heterocycles. The second kappa shape index (κ2) is 7.68. The number of carbonyl (C=O) groups excluding carboxylic acids is 1. The third-order valence-corrected chi connectivity index (χ3v) is 5.43. The summed E-state index contributed by atoms with van der Waals surface area (Å²) in [5, 5.41) is 4.16. The summed E-state index contributed by atoms with van der Waals surface area (Å²) in [6.07, 6.45) is 9.74. The molecule has 122 valence electrons. The minimum absolute atomic E-state index is 0.0557. The summed E-state index contributed by atoms with van der Waals surface area (Å²) in [6.45, 7) is 0. The monoisotopic (exact) mass is 329 g/mol. The van der Waals surface area contributed by atoms with Crippen LogP contribution in [0.25, 0.3) is 0 Å². The molecular formula is C18H23N3OS. The number of rotatable bonds is 5. The summed E-state index contributed by atoms with van der Waals surface area (Å²) in [6, 6.07) is 8.27. The van der Waals surface area contributed by atoms with Crippen molar-refractivity contribution >= 4 is 17.7 Å². The van der Waals surface area contributed by atoms with Crippen molar-refractivity contribution in [2.45, 2.75) is 49.1 Å². The van der Waals surface area contributed by atoms with Crippen molar-refractivity contribution in [3.63, 3.8) is 0 Å². The van der Waals surface area contributed by atoms with Gasteiger partial charge in [0, 0.05) is 36.8 Å². The van der Waals surface area contributed by atoms with Crippen LogP contribution in [0.15, 0.2) is 41.8 Å². The molecule has 1 saturated carbocycles. The molecule has 5 heteroatoms. The Balaban J connectivity index is 1.53. The van der Waals surface area contributed by atoms with E-state index in [0.29, 0.717) is 6.04 Å². The van der Waals surface area contributed by atoms with E-state index in [0.717, 1.165) is 29.3 Å². The highest BCUT2D eigenvalue weighted by atomic mass is 32.2. The first kappa shape index (κ1) is 16.1. The molecule has 0 bridgehead atoms. The minimum atomic E-state index is 0.0557. The lowest BCUT2D eigenvalue weighted by molar-refractivity contribution is 0.0927. The average Bonchev–Trinajstić information content (AvgIpc) is 2.99. The van der Waals surface area contributed by atoms with Crippen LogP contribution in [0.3, 0.4) is 0 Å². The summed E-state index contributed by atoms with van der Waals surface area (Å²) >= 11 is 1.70. The highest BCUT2D eigenvalue weighted by Gasteiger charge is 2.16. The number of nitrogens with one attached hydrogen (secondary N) is 1. The van der Waals surface area contributed by atoms with Gasteiger partial charge >= 0.3 is 0 Å². The summed E-state index contributed by atoms with van der Waals surface area (Å²) in [5.41, 5.74) is 1.95. The number of thioether (sulfide) groups is 1. The second-order valence-electron chi connectivity index (χ2n) is 6.11. The second-order valence-corrected chi connectivity index (χ2v) is 7.06. The van der Waals surface area contributed by atoms with Crippen LogP contribution >= 0.6 is 11.8 Å². The van der Waals surface area contributed by atoms with Gasteiger partial charge in [-0.3, -0.25) is 4.79 Å². The van der Waals surface area contributed by atoms with Crippen molar-refractivity contribution in [3.05, 3.63) is 47.8 Å². The Bertz CT molecular complexity index is 645. The Labute approximate surface area is 141 Å². The van der Waals surface area contributed by atoms with Crippen molar-refractivity contribution < 1.29 is 4.79 Å². The number of amides is 1. The first-order valence-electron chi connectivity index (χ1n) is 8.22. The predicted molar refractivity (Wildman–Crippen MR) is 93.6 cm³/mol. The topological polar surface area (TPSA) is 46.9 Å². The highest BCUT2D eigenvalue weighted by molar-refractivity contribution is 7.98. The Morgan fingerprint density at radius 3 is 2.65 bits per heavy atom. The summed E-state index contributed by atoms with van der Waals surface area (Å²) in [5.74, 6) is 0.912. The maximum atomic E-state index is 12.3. The maximum Gasteiger partial charge on any atom is 0.251 e. The van der Waals surface area contributed by atoms with E-state index in [1.807, 2.05) is 42.1 Å². The number of aromatic nitrogens is 2.